The van der Waals surface area contributed by atoms with Crippen LogP contribution < -0.4 is 5.32 Å². The fourth-order valence-corrected chi connectivity index (χ4v) is 0.944. The molecule has 1 aromatic carbocycles. The molecule has 0 bridgehead atoms. The molecule has 3 heteroatoms. The van der Waals surface area contributed by atoms with E-state index in [0.29, 0.717) is 6.73 Å². The van der Waals surface area contributed by atoms with Crippen molar-refractivity contribution in [2.45, 2.75) is 0 Å². The molecule has 0 saturated carbocycles. The lowest BCUT2D eigenvalue weighted by Gasteiger charge is -2.03. The highest BCUT2D eigenvalue weighted by molar-refractivity contribution is 6.30. The van der Waals surface area contributed by atoms with E-state index < -0.39 is 0 Å². The lowest BCUT2D eigenvalue weighted by molar-refractivity contribution is 0.221. The van der Waals surface area contributed by atoms with Gasteiger partial charge in [0.1, 0.15) is 6.73 Å². The van der Waals surface area contributed by atoms with E-state index in [2.05, 4.69) is 5.32 Å². The lowest BCUT2D eigenvalue weighted by atomic mass is 10.3. The van der Waals surface area contributed by atoms with E-state index in [1.807, 2.05) is 24.3 Å². The summed E-state index contributed by atoms with van der Waals surface area (Å²) in [6, 6.07) is 7.51. The van der Waals surface area contributed by atoms with E-state index in [1.165, 1.54) is 0 Å². The summed E-state index contributed by atoms with van der Waals surface area (Å²) in [5, 5.41) is 3.76. The van der Waals surface area contributed by atoms with Crippen molar-refractivity contribution in [3.63, 3.8) is 0 Å². The van der Waals surface area contributed by atoms with Crippen molar-refractivity contribution in [3.8, 4) is 0 Å². The first-order valence-electron chi connectivity index (χ1n) is 3.31. The molecular weight excluding hydrogens is 162 g/mol. The molecule has 2 nitrogen and oxygen atoms in total. The third-order valence-electron chi connectivity index (χ3n) is 1.25. The Hall–Kier alpha value is -0.730. The fraction of sp³-hybridized carbons (Fsp3) is 0.250. The standard InChI is InChI=1S/C8H10ClNO/c1-11-6-10-8-4-2-3-7(9)5-8/h2-5,10H,6H2,1H3. The van der Waals surface area contributed by atoms with Crippen LogP contribution in [0.1, 0.15) is 0 Å². The molecule has 0 unspecified atom stereocenters. The summed E-state index contributed by atoms with van der Waals surface area (Å²) >= 11 is 5.74. The van der Waals surface area contributed by atoms with Crippen LogP contribution in [0, 0.1) is 0 Å². The number of hydrogen-bond donors (Lipinski definition) is 1. The minimum absolute atomic E-state index is 0.500. The molecule has 0 aliphatic rings. The second kappa shape index (κ2) is 4.21. The molecule has 0 aliphatic carbocycles. The Labute approximate surface area is 71.1 Å². The monoisotopic (exact) mass is 171 g/mol. The van der Waals surface area contributed by atoms with Crippen LogP contribution in [0.4, 0.5) is 5.69 Å². The highest BCUT2D eigenvalue weighted by Gasteiger charge is 1.90. The second-order valence-electron chi connectivity index (χ2n) is 2.12. The molecule has 1 N–H and O–H groups in total. The zero-order valence-corrected chi connectivity index (χ0v) is 7.06. The summed E-state index contributed by atoms with van der Waals surface area (Å²) in [4.78, 5) is 0. The maximum Gasteiger partial charge on any atom is 0.116 e. The van der Waals surface area contributed by atoms with Crippen LogP contribution in [0.5, 0.6) is 0 Å². The van der Waals surface area contributed by atoms with Crippen LogP contribution in [0.2, 0.25) is 5.02 Å². The van der Waals surface area contributed by atoms with E-state index in [1.54, 1.807) is 7.11 Å². The first-order chi connectivity index (χ1) is 5.33. The predicted molar refractivity (Wildman–Crippen MR) is 47.0 cm³/mol. The van der Waals surface area contributed by atoms with Crippen molar-refractivity contribution < 1.29 is 4.74 Å². The number of ether oxygens (including phenoxy) is 1. The molecule has 60 valence electrons. The zero-order chi connectivity index (χ0) is 8.10. The topological polar surface area (TPSA) is 21.3 Å². The quantitative estimate of drug-likeness (QED) is 0.705. The van der Waals surface area contributed by atoms with Crippen molar-refractivity contribution >= 4 is 17.3 Å². The Morgan fingerprint density at radius 1 is 1.55 bits per heavy atom. The summed E-state index contributed by atoms with van der Waals surface area (Å²) in [6.45, 7) is 0.500. The van der Waals surface area contributed by atoms with Gasteiger partial charge < -0.3 is 10.1 Å². The Kier molecular flexibility index (Phi) is 3.20. The summed E-state index contributed by atoms with van der Waals surface area (Å²) in [7, 11) is 1.64. The molecule has 1 aromatic rings. The smallest absolute Gasteiger partial charge is 0.116 e. The number of hydrogen-bond acceptors (Lipinski definition) is 2. The first kappa shape index (κ1) is 8.37. The Morgan fingerprint density at radius 2 is 2.36 bits per heavy atom. The molecule has 0 aromatic heterocycles. The first-order valence-corrected chi connectivity index (χ1v) is 3.69. The van der Waals surface area contributed by atoms with Gasteiger partial charge in [-0.2, -0.15) is 0 Å². The molecule has 0 atom stereocenters. The van der Waals surface area contributed by atoms with E-state index in [9.17, 15) is 0 Å². The predicted octanol–water partition coefficient (Wildman–Crippen LogP) is 2.36. The number of anilines is 1. The average molecular weight is 172 g/mol. The average Bonchev–Trinajstić information content (AvgIpc) is 2.01. The molecule has 11 heavy (non-hydrogen) atoms. The van der Waals surface area contributed by atoms with E-state index >= 15 is 0 Å². The van der Waals surface area contributed by atoms with Gasteiger partial charge in [-0.05, 0) is 18.2 Å². The summed E-state index contributed by atoms with van der Waals surface area (Å²) in [5.41, 5.74) is 0.972. The number of methoxy groups -OCH3 is 1. The molecule has 1 rings (SSSR count). The number of rotatable bonds is 3. The van der Waals surface area contributed by atoms with Crippen molar-refractivity contribution in [2.75, 3.05) is 19.2 Å². The van der Waals surface area contributed by atoms with Crippen LogP contribution in [-0.2, 0) is 4.74 Å². The maximum atomic E-state index is 5.74. The van der Waals surface area contributed by atoms with Crippen LogP contribution in [0.15, 0.2) is 24.3 Å². The third-order valence-corrected chi connectivity index (χ3v) is 1.48. The van der Waals surface area contributed by atoms with Crippen molar-refractivity contribution in [1.29, 1.82) is 0 Å². The summed E-state index contributed by atoms with van der Waals surface area (Å²) in [5.74, 6) is 0. The molecule has 0 saturated heterocycles. The summed E-state index contributed by atoms with van der Waals surface area (Å²) < 4.78 is 4.83. The zero-order valence-electron chi connectivity index (χ0n) is 6.30. The highest BCUT2D eigenvalue weighted by atomic mass is 35.5. The van der Waals surface area contributed by atoms with Crippen molar-refractivity contribution in [2.24, 2.45) is 0 Å². The number of benzene rings is 1. The SMILES string of the molecule is COCNc1cccc(Cl)c1. The Morgan fingerprint density at radius 3 is 3.00 bits per heavy atom. The normalized spacial score (nSPS) is 9.64. The largest absolute Gasteiger partial charge is 0.365 e. The van der Waals surface area contributed by atoms with Gasteiger partial charge in [0.2, 0.25) is 0 Å². The molecular formula is C8H10ClNO. The van der Waals surface area contributed by atoms with E-state index in [-0.39, 0.29) is 0 Å². The highest BCUT2D eigenvalue weighted by Crippen LogP contribution is 2.14. The van der Waals surface area contributed by atoms with Crippen LogP contribution >= 0.6 is 11.6 Å². The number of nitrogens with one attached hydrogen (secondary N) is 1. The van der Waals surface area contributed by atoms with Gasteiger partial charge in [-0.3, -0.25) is 0 Å². The van der Waals surface area contributed by atoms with Crippen LogP contribution in [0.3, 0.4) is 0 Å². The van der Waals surface area contributed by atoms with Gasteiger partial charge in [0.15, 0.2) is 0 Å². The third kappa shape index (κ3) is 2.78. The molecule has 0 radical (unpaired) electrons. The maximum absolute atomic E-state index is 5.74. The van der Waals surface area contributed by atoms with E-state index in [4.69, 9.17) is 16.3 Å². The molecule has 0 amide bonds. The molecule has 0 heterocycles. The van der Waals surface area contributed by atoms with Crippen molar-refractivity contribution in [1.82, 2.24) is 0 Å². The summed E-state index contributed by atoms with van der Waals surface area (Å²) in [6.07, 6.45) is 0. The number of halogens is 1. The Bertz CT molecular complexity index is 227. The van der Waals surface area contributed by atoms with Gasteiger partial charge >= 0.3 is 0 Å². The van der Waals surface area contributed by atoms with E-state index in [0.717, 1.165) is 10.7 Å². The minimum atomic E-state index is 0.500. The lowest BCUT2D eigenvalue weighted by Crippen LogP contribution is -2.02. The van der Waals surface area contributed by atoms with Gasteiger partial charge in [0.05, 0.1) is 0 Å². The second-order valence-corrected chi connectivity index (χ2v) is 2.56. The van der Waals surface area contributed by atoms with Gasteiger partial charge in [0, 0.05) is 17.8 Å². The minimum Gasteiger partial charge on any atom is -0.365 e. The van der Waals surface area contributed by atoms with Crippen LogP contribution in [-0.4, -0.2) is 13.8 Å². The van der Waals surface area contributed by atoms with Gasteiger partial charge in [-0.15, -0.1) is 0 Å². The molecule has 0 aliphatic heterocycles. The van der Waals surface area contributed by atoms with Gasteiger partial charge in [-0.1, -0.05) is 17.7 Å². The van der Waals surface area contributed by atoms with Crippen molar-refractivity contribution in [3.05, 3.63) is 29.3 Å². The molecule has 0 fully saturated rings. The van der Waals surface area contributed by atoms with Gasteiger partial charge in [-0.25, -0.2) is 0 Å². The molecule has 0 spiro atoms. The fourth-order valence-electron chi connectivity index (χ4n) is 0.754. The van der Waals surface area contributed by atoms with Gasteiger partial charge in [0.25, 0.3) is 0 Å². The Balaban J connectivity index is 2.56. The van der Waals surface area contributed by atoms with Crippen LogP contribution in [0.25, 0.3) is 0 Å².